The van der Waals surface area contributed by atoms with Crippen molar-refractivity contribution in [3.63, 3.8) is 0 Å². The largest absolute Gasteiger partial charge is 0.338 e. The number of anilines is 1. The van der Waals surface area contributed by atoms with Crippen molar-refractivity contribution in [3.8, 4) is 0 Å². The van der Waals surface area contributed by atoms with Gasteiger partial charge in [0, 0.05) is 47.1 Å². The number of hydrogen-bond donors (Lipinski definition) is 1. The van der Waals surface area contributed by atoms with Gasteiger partial charge in [-0.25, -0.2) is 13.4 Å². The maximum absolute atomic E-state index is 12.1. The molecule has 21 heavy (non-hydrogen) atoms. The maximum atomic E-state index is 12.1. The fraction of sp³-hybridized carbons (Fsp3) is 0.615. The first kappa shape index (κ1) is 17.1. The van der Waals surface area contributed by atoms with E-state index in [1.807, 2.05) is 17.9 Å². The molecule has 118 valence electrons. The monoisotopic (exact) mass is 393 g/mol. The van der Waals surface area contributed by atoms with Gasteiger partial charge in [0.1, 0.15) is 11.2 Å². The van der Waals surface area contributed by atoms with Gasteiger partial charge in [-0.15, -0.1) is 0 Å². The molecule has 0 saturated carbocycles. The summed E-state index contributed by atoms with van der Waals surface area (Å²) >= 11 is 5.12. The Labute approximate surface area is 138 Å². The van der Waals surface area contributed by atoms with Crippen LogP contribution < -0.4 is 10.2 Å². The van der Waals surface area contributed by atoms with Crippen LogP contribution in [0.4, 0.5) is 5.82 Å². The first-order chi connectivity index (χ1) is 9.93. The number of halogens is 1. The Morgan fingerprint density at radius 1 is 1.57 bits per heavy atom. The maximum Gasteiger partial charge on any atom is 0.169 e. The number of pyridine rings is 1. The van der Waals surface area contributed by atoms with Crippen LogP contribution in [0.2, 0.25) is 0 Å². The Hall–Kier alpha value is -0.310. The van der Waals surface area contributed by atoms with Crippen LogP contribution in [0.1, 0.15) is 12.5 Å². The number of nitrogens with zero attached hydrogens (tertiary/aromatic N) is 2. The molecule has 0 radical (unpaired) electrons. The summed E-state index contributed by atoms with van der Waals surface area (Å²) in [6.07, 6.45) is 3.03. The summed E-state index contributed by atoms with van der Waals surface area (Å²) in [5, 5.41) is 2.79. The Morgan fingerprint density at radius 2 is 2.33 bits per heavy atom. The van der Waals surface area contributed by atoms with Crippen LogP contribution in [0, 0.1) is 0 Å². The number of thioether (sulfide) groups is 1. The van der Waals surface area contributed by atoms with E-state index in [1.54, 1.807) is 18.0 Å². The Bertz CT molecular complexity index is 595. The first-order valence-corrected chi connectivity index (χ1v) is 10.7. The summed E-state index contributed by atoms with van der Waals surface area (Å²) in [4.78, 5) is 6.42. The zero-order valence-electron chi connectivity index (χ0n) is 12.2. The topological polar surface area (TPSA) is 62.3 Å². The third-order valence-electron chi connectivity index (χ3n) is 3.33. The second-order valence-corrected chi connectivity index (χ2v) is 9.24. The first-order valence-electron chi connectivity index (χ1n) is 6.82. The molecule has 1 N–H and O–H groups in total. The fourth-order valence-electron chi connectivity index (χ4n) is 2.30. The minimum absolute atomic E-state index is 0.495. The average Bonchev–Trinajstić information content (AvgIpc) is 2.44. The minimum atomic E-state index is -3.14. The Kier molecular flexibility index (Phi) is 5.93. The molecule has 2 heterocycles. The van der Waals surface area contributed by atoms with E-state index in [-0.39, 0.29) is 0 Å². The van der Waals surface area contributed by atoms with Crippen molar-refractivity contribution < 1.29 is 8.42 Å². The Balaban J connectivity index is 2.38. The summed E-state index contributed by atoms with van der Waals surface area (Å²) in [6.45, 7) is 4.29. The summed E-state index contributed by atoms with van der Waals surface area (Å²) in [6, 6.07) is 2.01. The standard InChI is InChI=1S/C13H20BrN3O2S2/c1-3-15-7-10-6-11(14)8-16-13(10)17-4-5-20-9-12(17)21(2,18)19/h6,8,12,15H,3-5,7,9H2,1-2H3. The number of aromatic nitrogens is 1. The molecule has 0 amide bonds. The Morgan fingerprint density at radius 3 is 3.00 bits per heavy atom. The van der Waals surface area contributed by atoms with Gasteiger partial charge in [0.2, 0.25) is 0 Å². The third-order valence-corrected chi connectivity index (χ3v) is 6.40. The molecule has 0 spiro atoms. The van der Waals surface area contributed by atoms with Crippen LogP contribution in [-0.4, -0.2) is 49.6 Å². The second-order valence-electron chi connectivity index (χ2n) is 4.97. The van der Waals surface area contributed by atoms with Crippen molar-refractivity contribution in [2.45, 2.75) is 18.8 Å². The van der Waals surface area contributed by atoms with E-state index in [0.29, 0.717) is 18.8 Å². The van der Waals surface area contributed by atoms with Gasteiger partial charge >= 0.3 is 0 Å². The van der Waals surface area contributed by atoms with Crippen molar-refractivity contribution in [2.75, 3.05) is 35.8 Å². The molecule has 1 atom stereocenters. The van der Waals surface area contributed by atoms with E-state index in [0.717, 1.165) is 28.2 Å². The van der Waals surface area contributed by atoms with Gasteiger partial charge in [0.25, 0.3) is 0 Å². The quantitative estimate of drug-likeness (QED) is 0.823. The molecule has 2 rings (SSSR count). The molecular formula is C13H20BrN3O2S2. The predicted octanol–water partition coefficient (Wildman–Crippen LogP) is 1.88. The predicted molar refractivity (Wildman–Crippen MR) is 92.6 cm³/mol. The molecular weight excluding hydrogens is 374 g/mol. The molecule has 5 nitrogen and oxygen atoms in total. The summed E-state index contributed by atoms with van der Waals surface area (Å²) < 4.78 is 25.0. The molecule has 1 aliphatic rings. The van der Waals surface area contributed by atoms with Crippen molar-refractivity contribution in [3.05, 3.63) is 22.3 Å². The molecule has 1 aliphatic heterocycles. The van der Waals surface area contributed by atoms with Crippen LogP contribution in [-0.2, 0) is 16.4 Å². The van der Waals surface area contributed by atoms with E-state index < -0.39 is 15.2 Å². The van der Waals surface area contributed by atoms with Crippen molar-refractivity contribution in [1.29, 1.82) is 0 Å². The van der Waals surface area contributed by atoms with Crippen LogP contribution >= 0.6 is 27.7 Å². The molecule has 0 aromatic carbocycles. The van der Waals surface area contributed by atoms with Crippen molar-refractivity contribution >= 4 is 43.3 Å². The van der Waals surface area contributed by atoms with E-state index >= 15 is 0 Å². The van der Waals surface area contributed by atoms with Crippen LogP contribution in [0.3, 0.4) is 0 Å². The van der Waals surface area contributed by atoms with Gasteiger partial charge in [-0.2, -0.15) is 11.8 Å². The summed E-state index contributed by atoms with van der Waals surface area (Å²) in [5.41, 5.74) is 1.02. The van der Waals surface area contributed by atoms with E-state index in [4.69, 9.17) is 0 Å². The third kappa shape index (κ3) is 4.34. The highest BCUT2D eigenvalue weighted by molar-refractivity contribution is 9.10. The number of rotatable bonds is 5. The number of nitrogens with one attached hydrogen (secondary N) is 1. The van der Waals surface area contributed by atoms with E-state index in [9.17, 15) is 8.42 Å². The molecule has 1 unspecified atom stereocenters. The van der Waals surface area contributed by atoms with E-state index in [2.05, 4.69) is 26.2 Å². The second kappa shape index (κ2) is 7.30. The SMILES string of the molecule is CCNCc1cc(Br)cnc1N1CCSCC1S(C)(=O)=O. The molecule has 8 heteroatoms. The van der Waals surface area contributed by atoms with Gasteiger partial charge in [0.15, 0.2) is 9.84 Å². The molecule has 0 bridgehead atoms. The van der Waals surface area contributed by atoms with Gasteiger partial charge in [0.05, 0.1) is 0 Å². The lowest BCUT2D eigenvalue weighted by Crippen LogP contribution is -2.48. The molecule has 1 aromatic rings. The van der Waals surface area contributed by atoms with Crippen molar-refractivity contribution in [2.24, 2.45) is 0 Å². The fourth-order valence-corrected chi connectivity index (χ4v) is 5.50. The lowest BCUT2D eigenvalue weighted by atomic mass is 10.2. The van der Waals surface area contributed by atoms with Gasteiger partial charge < -0.3 is 10.2 Å². The lowest BCUT2D eigenvalue weighted by Gasteiger charge is -2.36. The highest BCUT2D eigenvalue weighted by atomic mass is 79.9. The zero-order valence-corrected chi connectivity index (χ0v) is 15.4. The lowest BCUT2D eigenvalue weighted by molar-refractivity contribution is 0.583. The molecule has 1 aromatic heterocycles. The van der Waals surface area contributed by atoms with Crippen molar-refractivity contribution in [1.82, 2.24) is 10.3 Å². The summed E-state index contributed by atoms with van der Waals surface area (Å²) in [5.74, 6) is 2.29. The molecule has 1 fully saturated rings. The highest BCUT2D eigenvalue weighted by Crippen LogP contribution is 2.29. The number of hydrogen-bond acceptors (Lipinski definition) is 6. The van der Waals surface area contributed by atoms with Crippen LogP contribution in [0.15, 0.2) is 16.7 Å². The molecule has 1 saturated heterocycles. The number of sulfone groups is 1. The van der Waals surface area contributed by atoms with Gasteiger partial charge in [-0.05, 0) is 28.5 Å². The minimum Gasteiger partial charge on any atom is -0.338 e. The van der Waals surface area contributed by atoms with E-state index in [1.165, 1.54) is 6.26 Å². The normalized spacial score (nSPS) is 19.8. The zero-order chi connectivity index (χ0) is 15.5. The van der Waals surface area contributed by atoms with Gasteiger partial charge in [-0.1, -0.05) is 6.92 Å². The van der Waals surface area contributed by atoms with Crippen LogP contribution in [0.25, 0.3) is 0 Å². The van der Waals surface area contributed by atoms with Gasteiger partial charge in [-0.3, -0.25) is 0 Å². The average molecular weight is 394 g/mol. The smallest absolute Gasteiger partial charge is 0.169 e. The van der Waals surface area contributed by atoms with Crippen LogP contribution in [0.5, 0.6) is 0 Å². The highest BCUT2D eigenvalue weighted by Gasteiger charge is 2.32. The summed E-state index contributed by atoms with van der Waals surface area (Å²) in [7, 11) is -3.14. The molecule has 0 aliphatic carbocycles.